The van der Waals surface area contributed by atoms with Gasteiger partial charge in [-0.3, -0.25) is 0 Å². The molecule has 3 aromatic carbocycles. The van der Waals surface area contributed by atoms with Gasteiger partial charge < -0.3 is 0 Å². The van der Waals surface area contributed by atoms with Crippen LogP contribution in [0.1, 0.15) is 78.5 Å². The molecule has 0 saturated heterocycles. The minimum absolute atomic E-state index is 0.0720. The van der Waals surface area contributed by atoms with Gasteiger partial charge in [0.25, 0.3) is 0 Å². The summed E-state index contributed by atoms with van der Waals surface area (Å²) in [4.78, 5) is 0. The molecule has 1 unspecified atom stereocenters. The van der Waals surface area contributed by atoms with E-state index in [1.807, 2.05) is 0 Å². The van der Waals surface area contributed by atoms with Crippen molar-refractivity contribution in [3.63, 3.8) is 0 Å². The predicted octanol–water partition coefficient (Wildman–Crippen LogP) is 9.78. The van der Waals surface area contributed by atoms with Crippen LogP contribution in [0.15, 0.2) is 60.7 Å². The molecule has 0 heterocycles. The topological polar surface area (TPSA) is 0 Å². The van der Waals surface area contributed by atoms with Gasteiger partial charge in [0.1, 0.15) is 0 Å². The third-order valence-corrected chi connectivity index (χ3v) is 11.9. The summed E-state index contributed by atoms with van der Waals surface area (Å²) in [5, 5.41) is 0. The number of aryl methyl sites for hydroxylation is 1. The van der Waals surface area contributed by atoms with Crippen molar-refractivity contribution in [3.8, 4) is 11.1 Å². The molecule has 0 radical (unpaired) electrons. The van der Waals surface area contributed by atoms with E-state index in [2.05, 4.69) is 115 Å². The summed E-state index contributed by atoms with van der Waals surface area (Å²) in [5.74, 6) is 0. The Morgan fingerprint density at radius 2 is 1.30 bits per heavy atom. The second kappa shape index (κ2) is 9.14. The minimum atomic E-state index is -2.64. The van der Waals surface area contributed by atoms with E-state index in [0.29, 0.717) is 0 Å². The molecule has 4 rings (SSSR count). The van der Waals surface area contributed by atoms with Gasteiger partial charge in [-0.1, -0.05) is 0 Å². The quantitative estimate of drug-likeness (QED) is 0.302. The van der Waals surface area contributed by atoms with Gasteiger partial charge in [0.2, 0.25) is 0 Å². The van der Waals surface area contributed by atoms with Gasteiger partial charge in [0, 0.05) is 0 Å². The van der Waals surface area contributed by atoms with E-state index >= 15 is 0 Å². The Morgan fingerprint density at radius 1 is 0.727 bits per heavy atom. The third-order valence-electron chi connectivity index (χ3n) is 6.69. The van der Waals surface area contributed by atoms with Crippen LogP contribution < -0.4 is 0 Å². The van der Waals surface area contributed by atoms with E-state index in [1.165, 1.54) is 50.1 Å². The molecule has 3 heteroatoms. The second-order valence-corrected chi connectivity index (χ2v) is 20.1. The van der Waals surface area contributed by atoms with Crippen molar-refractivity contribution in [1.82, 2.24) is 0 Å². The summed E-state index contributed by atoms with van der Waals surface area (Å²) in [6.07, 6.45) is 2.36. The molecular weight excluding hydrogens is 522 g/mol. The maximum atomic E-state index is 6.79. The molecular formula is C30H33Cl2Zr. The van der Waals surface area contributed by atoms with E-state index < -0.39 is 19.4 Å². The van der Waals surface area contributed by atoms with Gasteiger partial charge in [0.05, 0.1) is 0 Å². The normalized spacial score (nSPS) is 15.9. The van der Waals surface area contributed by atoms with Crippen LogP contribution in [0.2, 0.25) is 0 Å². The molecule has 0 aliphatic heterocycles. The fraction of sp³-hybridized carbons (Fsp3) is 0.333. The van der Waals surface area contributed by atoms with E-state index in [-0.39, 0.29) is 14.5 Å². The Labute approximate surface area is 214 Å². The summed E-state index contributed by atoms with van der Waals surface area (Å²) in [6, 6.07) is 22.3. The molecule has 1 aliphatic rings. The summed E-state index contributed by atoms with van der Waals surface area (Å²) in [5.41, 5.74) is 11.9. The molecule has 0 fully saturated rings. The summed E-state index contributed by atoms with van der Waals surface area (Å²) >= 11 is -2.64. The number of fused-ring (bicyclic) bond motifs is 1. The van der Waals surface area contributed by atoms with Crippen molar-refractivity contribution in [3.05, 3.63) is 94.0 Å². The van der Waals surface area contributed by atoms with E-state index in [0.717, 1.165) is 0 Å². The number of hydrogen-bond donors (Lipinski definition) is 0. The van der Waals surface area contributed by atoms with E-state index in [1.54, 1.807) is 0 Å². The number of halogens is 2. The Morgan fingerprint density at radius 3 is 1.82 bits per heavy atom. The molecule has 3 aromatic rings. The van der Waals surface area contributed by atoms with Crippen LogP contribution in [0, 0.1) is 6.92 Å². The van der Waals surface area contributed by atoms with E-state index in [4.69, 9.17) is 17.0 Å². The van der Waals surface area contributed by atoms with Crippen molar-refractivity contribution in [2.24, 2.45) is 0 Å². The van der Waals surface area contributed by atoms with Gasteiger partial charge in [-0.05, 0) is 0 Å². The van der Waals surface area contributed by atoms with Gasteiger partial charge in [-0.15, -0.1) is 0 Å². The first-order valence-electron chi connectivity index (χ1n) is 11.6. The first-order valence-corrected chi connectivity index (χ1v) is 19.4. The zero-order valence-corrected chi connectivity index (χ0v) is 24.7. The van der Waals surface area contributed by atoms with Crippen molar-refractivity contribution < 1.29 is 19.4 Å². The van der Waals surface area contributed by atoms with Gasteiger partial charge in [-0.25, -0.2) is 0 Å². The molecule has 0 spiro atoms. The monoisotopic (exact) mass is 553 g/mol. The van der Waals surface area contributed by atoms with Crippen molar-refractivity contribution >= 4 is 28.7 Å². The van der Waals surface area contributed by atoms with Crippen LogP contribution in [0.5, 0.6) is 0 Å². The first kappa shape index (κ1) is 25.0. The summed E-state index contributed by atoms with van der Waals surface area (Å²) in [6.45, 7) is 16.0. The SMILES string of the molecule is Cc1ccc2c(c1-c1cc(C(C)(C)C)cc(C(C)(C)C)c1)C=C(c1ccccc1)[CH]2[Zr]([Cl])[Cl]. The average molecular weight is 556 g/mol. The molecule has 33 heavy (non-hydrogen) atoms. The van der Waals surface area contributed by atoms with Crippen LogP contribution in [0.25, 0.3) is 22.8 Å². The molecule has 0 bridgehead atoms. The van der Waals surface area contributed by atoms with Crippen LogP contribution >= 0.6 is 17.0 Å². The van der Waals surface area contributed by atoms with Gasteiger partial charge >= 0.3 is 216 Å². The molecule has 1 aliphatic carbocycles. The second-order valence-electron chi connectivity index (χ2n) is 11.2. The zero-order chi connectivity index (χ0) is 24.1. The molecule has 0 aromatic heterocycles. The van der Waals surface area contributed by atoms with Crippen molar-refractivity contribution in [2.75, 3.05) is 0 Å². The molecule has 1 atom stereocenters. The molecule has 0 amide bonds. The number of rotatable bonds is 3. The first-order chi connectivity index (χ1) is 15.4. The Balaban J connectivity index is 2.00. The van der Waals surface area contributed by atoms with Crippen LogP contribution in [-0.4, -0.2) is 0 Å². The fourth-order valence-corrected chi connectivity index (χ4v) is 9.87. The molecule has 0 saturated carbocycles. The third kappa shape index (κ3) is 4.98. The molecule has 0 N–H and O–H groups in total. The van der Waals surface area contributed by atoms with Gasteiger partial charge in [0.15, 0.2) is 0 Å². The summed E-state index contributed by atoms with van der Waals surface area (Å²) < 4.78 is 0.153. The van der Waals surface area contributed by atoms with Crippen molar-refractivity contribution in [2.45, 2.75) is 62.9 Å². The molecule has 171 valence electrons. The number of hydrogen-bond acceptors (Lipinski definition) is 0. The average Bonchev–Trinajstić information content (AvgIpc) is 3.12. The Bertz CT molecular complexity index is 1180. The summed E-state index contributed by atoms with van der Waals surface area (Å²) in [7, 11) is 13.6. The van der Waals surface area contributed by atoms with Crippen LogP contribution in [0.4, 0.5) is 0 Å². The maximum absolute atomic E-state index is 6.79. The number of benzene rings is 3. The predicted molar refractivity (Wildman–Crippen MR) is 143 cm³/mol. The fourth-order valence-electron chi connectivity index (χ4n) is 4.70. The van der Waals surface area contributed by atoms with Crippen LogP contribution in [0.3, 0.4) is 0 Å². The standard InChI is InChI=1S/C30H33.2ClH.Zr/c1-20-13-14-22-15-23(21-11-9-8-10-12-21)18-27(22)28(20)24-16-25(29(2,3)4)19-26(17-24)30(5,6)7;;;/h8-19H,1-7H3;2*1H;/q;;;+2/p-2. The van der Waals surface area contributed by atoms with Crippen LogP contribution in [-0.2, 0) is 30.2 Å². The van der Waals surface area contributed by atoms with E-state index in [9.17, 15) is 0 Å². The number of allylic oxidation sites excluding steroid dienone is 1. The molecule has 0 nitrogen and oxygen atoms in total. The Hall–Kier alpha value is -1.14. The Kier molecular flexibility index (Phi) is 6.92. The van der Waals surface area contributed by atoms with Gasteiger partial charge in [-0.2, -0.15) is 0 Å². The zero-order valence-electron chi connectivity index (χ0n) is 20.7. The van der Waals surface area contributed by atoms with Crippen molar-refractivity contribution in [1.29, 1.82) is 0 Å².